The highest BCUT2D eigenvalue weighted by atomic mass is 35.5. The van der Waals surface area contributed by atoms with Crippen molar-refractivity contribution in [3.8, 4) is 11.7 Å². The number of ether oxygens (including phenoxy) is 1. The molecule has 0 aliphatic carbocycles. The number of nitrogens with one attached hydrogen (secondary N) is 1. The van der Waals surface area contributed by atoms with Crippen molar-refractivity contribution in [2.24, 2.45) is 0 Å². The lowest BCUT2D eigenvalue weighted by atomic mass is 9.92. The summed E-state index contributed by atoms with van der Waals surface area (Å²) < 4.78 is 7.08. The summed E-state index contributed by atoms with van der Waals surface area (Å²) in [6.45, 7) is 7.86. The van der Waals surface area contributed by atoms with Crippen molar-refractivity contribution in [2.45, 2.75) is 33.1 Å². The molecule has 3 aromatic rings. The number of hydrogen-bond acceptors (Lipinski definition) is 5. The maximum Gasteiger partial charge on any atom is 0.263 e. The molecule has 0 saturated carbocycles. The van der Waals surface area contributed by atoms with Gasteiger partial charge in [-0.05, 0) is 36.8 Å². The molecule has 0 spiro atoms. The van der Waals surface area contributed by atoms with E-state index in [1.807, 2.05) is 33.8 Å². The Labute approximate surface area is 168 Å². The summed E-state index contributed by atoms with van der Waals surface area (Å²) in [6, 6.07) is 8.79. The second kappa shape index (κ2) is 7.98. The number of halogens is 1. The van der Waals surface area contributed by atoms with E-state index in [1.54, 1.807) is 36.7 Å². The molecule has 28 heavy (non-hydrogen) atoms. The first kappa shape index (κ1) is 19.8. The van der Waals surface area contributed by atoms with Crippen LogP contribution in [0.5, 0.6) is 5.75 Å². The number of anilines is 1. The van der Waals surface area contributed by atoms with Crippen LogP contribution in [0.2, 0.25) is 5.02 Å². The van der Waals surface area contributed by atoms with Crippen LogP contribution in [0.15, 0.2) is 42.7 Å². The fourth-order valence-electron chi connectivity index (χ4n) is 2.42. The van der Waals surface area contributed by atoms with E-state index in [1.165, 1.54) is 4.68 Å². The van der Waals surface area contributed by atoms with Crippen LogP contribution in [0.1, 0.15) is 32.0 Å². The Bertz CT molecular complexity index is 980. The third-order valence-corrected chi connectivity index (χ3v) is 4.41. The SMILES string of the molecule is Cc1cc(OCC(=O)Nc2cc(C(C)(C)C)nn2-c2ncccn2)ccc1Cl. The fraction of sp³-hybridized carbons (Fsp3) is 0.300. The summed E-state index contributed by atoms with van der Waals surface area (Å²) in [4.78, 5) is 20.9. The molecule has 0 fully saturated rings. The van der Waals surface area contributed by atoms with E-state index in [9.17, 15) is 4.79 Å². The third-order valence-electron chi connectivity index (χ3n) is 3.99. The van der Waals surface area contributed by atoms with Crippen LogP contribution in [0.25, 0.3) is 5.95 Å². The number of carbonyl (C=O) groups excluding carboxylic acids is 1. The molecule has 2 aromatic heterocycles. The first-order chi connectivity index (χ1) is 13.2. The average molecular weight is 400 g/mol. The van der Waals surface area contributed by atoms with Crippen molar-refractivity contribution in [2.75, 3.05) is 11.9 Å². The van der Waals surface area contributed by atoms with E-state index in [2.05, 4.69) is 20.4 Å². The molecule has 0 bridgehead atoms. The molecule has 146 valence electrons. The van der Waals surface area contributed by atoms with Gasteiger partial charge < -0.3 is 10.1 Å². The van der Waals surface area contributed by atoms with Gasteiger partial charge in [0, 0.05) is 28.9 Å². The van der Waals surface area contributed by atoms with E-state index in [4.69, 9.17) is 16.3 Å². The minimum Gasteiger partial charge on any atom is -0.484 e. The molecule has 1 aromatic carbocycles. The monoisotopic (exact) mass is 399 g/mol. The van der Waals surface area contributed by atoms with Crippen LogP contribution in [0.4, 0.5) is 5.82 Å². The van der Waals surface area contributed by atoms with Crippen molar-refractivity contribution >= 4 is 23.3 Å². The molecule has 0 unspecified atom stereocenters. The van der Waals surface area contributed by atoms with Gasteiger partial charge in [-0.15, -0.1) is 0 Å². The largest absolute Gasteiger partial charge is 0.484 e. The van der Waals surface area contributed by atoms with E-state index < -0.39 is 0 Å². The second-order valence-electron chi connectivity index (χ2n) is 7.37. The van der Waals surface area contributed by atoms with E-state index in [0.717, 1.165) is 11.3 Å². The van der Waals surface area contributed by atoms with Crippen LogP contribution in [-0.4, -0.2) is 32.3 Å². The van der Waals surface area contributed by atoms with Gasteiger partial charge in [-0.25, -0.2) is 9.97 Å². The smallest absolute Gasteiger partial charge is 0.263 e. The molecular weight excluding hydrogens is 378 g/mol. The molecule has 7 nitrogen and oxygen atoms in total. The predicted octanol–water partition coefficient (Wildman–Crippen LogP) is 3.94. The minimum absolute atomic E-state index is 0.146. The lowest BCUT2D eigenvalue weighted by molar-refractivity contribution is -0.118. The molecule has 3 rings (SSSR count). The highest BCUT2D eigenvalue weighted by molar-refractivity contribution is 6.31. The van der Waals surface area contributed by atoms with E-state index in [0.29, 0.717) is 22.5 Å². The van der Waals surface area contributed by atoms with Gasteiger partial charge >= 0.3 is 0 Å². The highest BCUT2D eigenvalue weighted by Gasteiger charge is 2.22. The summed E-state index contributed by atoms with van der Waals surface area (Å²) in [5, 5.41) is 8.05. The molecule has 0 radical (unpaired) electrons. The van der Waals surface area contributed by atoms with Crippen molar-refractivity contribution in [1.82, 2.24) is 19.7 Å². The summed E-state index contributed by atoms with van der Waals surface area (Å²) in [7, 11) is 0. The second-order valence-corrected chi connectivity index (χ2v) is 7.78. The van der Waals surface area contributed by atoms with E-state index >= 15 is 0 Å². The summed E-state index contributed by atoms with van der Waals surface area (Å²) >= 11 is 6.01. The van der Waals surface area contributed by atoms with Crippen LogP contribution in [0, 0.1) is 6.92 Å². The third kappa shape index (κ3) is 4.67. The highest BCUT2D eigenvalue weighted by Crippen LogP contribution is 2.25. The number of aromatic nitrogens is 4. The van der Waals surface area contributed by atoms with Gasteiger partial charge in [0.1, 0.15) is 11.6 Å². The van der Waals surface area contributed by atoms with Gasteiger partial charge in [-0.3, -0.25) is 4.79 Å². The quantitative estimate of drug-likeness (QED) is 0.702. The average Bonchev–Trinajstić information content (AvgIpc) is 3.07. The molecular formula is C20H22ClN5O2. The molecule has 1 amide bonds. The number of amides is 1. The molecule has 1 N–H and O–H groups in total. The molecule has 0 atom stereocenters. The zero-order valence-corrected chi connectivity index (χ0v) is 17.0. The van der Waals surface area contributed by atoms with Crippen LogP contribution in [0.3, 0.4) is 0 Å². The van der Waals surface area contributed by atoms with Gasteiger partial charge in [0.15, 0.2) is 6.61 Å². The van der Waals surface area contributed by atoms with Gasteiger partial charge in [-0.1, -0.05) is 32.4 Å². The normalized spacial score (nSPS) is 11.3. The van der Waals surface area contributed by atoms with Gasteiger partial charge in [0.2, 0.25) is 0 Å². The topological polar surface area (TPSA) is 81.9 Å². The predicted molar refractivity (Wildman–Crippen MR) is 108 cm³/mol. The summed E-state index contributed by atoms with van der Waals surface area (Å²) in [6.07, 6.45) is 3.25. The van der Waals surface area contributed by atoms with Crippen molar-refractivity contribution < 1.29 is 9.53 Å². The molecule has 8 heteroatoms. The number of aryl methyl sites for hydroxylation is 1. The van der Waals surface area contributed by atoms with Crippen LogP contribution < -0.4 is 10.1 Å². The van der Waals surface area contributed by atoms with E-state index in [-0.39, 0.29) is 17.9 Å². The Morgan fingerprint density at radius 2 is 1.93 bits per heavy atom. The maximum atomic E-state index is 12.4. The van der Waals surface area contributed by atoms with Gasteiger partial charge in [0.25, 0.3) is 11.9 Å². The summed E-state index contributed by atoms with van der Waals surface area (Å²) in [5.41, 5.74) is 1.50. The number of hydrogen-bond donors (Lipinski definition) is 1. The Morgan fingerprint density at radius 3 is 2.57 bits per heavy atom. The van der Waals surface area contributed by atoms with Crippen molar-refractivity contribution in [3.05, 3.63) is 59.0 Å². The van der Waals surface area contributed by atoms with Gasteiger partial charge in [-0.2, -0.15) is 9.78 Å². The fourth-order valence-corrected chi connectivity index (χ4v) is 2.54. The standard InChI is InChI=1S/C20H22ClN5O2/c1-13-10-14(6-7-15(13)21)28-12-18(27)24-17-11-16(20(2,3)4)25-26(17)19-22-8-5-9-23-19/h5-11H,12H2,1-4H3,(H,24,27). The van der Waals surface area contributed by atoms with Gasteiger partial charge in [0.05, 0.1) is 5.69 Å². The zero-order chi connectivity index (χ0) is 20.3. The number of benzene rings is 1. The summed E-state index contributed by atoms with van der Waals surface area (Å²) in [5.74, 6) is 1.12. The molecule has 2 heterocycles. The Balaban J connectivity index is 1.77. The first-order valence-electron chi connectivity index (χ1n) is 8.81. The zero-order valence-electron chi connectivity index (χ0n) is 16.2. The Kier molecular flexibility index (Phi) is 5.65. The number of carbonyl (C=O) groups is 1. The van der Waals surface area contributed by atoms with Crippen LogP contribution in [-0.2, 0) is 10.2 Å². The minimum atomic E-state index is -0.315. The Hall–Kier alpha value is -2.93. The molecule has 0 saturated heterocycles. The van der Waals surface area contributed by atoms with Crippen molar-refractivity contribution in [3.63, 3.8) is 0 Å². The Morgan fingerprint density at radius 1 is 1.21 bits per heavy atom. The van der Waals surface area contributed by atoms with Crippen molar-refractivity contribution in [1.29, 1.82) is 0 Å². The number of rotatable bonds is 5. The lowest BCUT2D eigenvalue weighted by Gasteiger charge is -2.13. The first-order valence-corrected chi connectivity index (χ1v) is 9.18. The number of nitrogens with zero attached hydrogens (tertiary/aromatic N) is 4. The molecule has 0 aliphatic rings. The maximum absolute atomic E-state index is 12.4. The lowest BCUT2D eigenvalue weighted by Crippen LogP contribution is -2.22. The molecule has 0 aliphatic heterocycles. The van der Waals surface area contributed by atoms with Crippen LogP contribution >= 0.6 is 11.6 Å².